The SMILES string of the molecule is CCOCCOC1CCOC2(CCN(Cc3cn(C)nc3C)CC2)C1. The van der Waals surface area contributed by atoms with Gasteiger partial charge in [0.25, 0.3) is 0 Å². The van der Waals surface area contributed by atoms with E-state index in [1.54, 1.807) is 0 Å². The van der Waals surface area contributed by atoms with Crippen LogP contribution in [0, 0.1) is 6.92 Å². The van der Waals surface area contributed by atoms with Crippen LogP contribution in [0.15, 0.2) is 6.20 Å². The first-order valence-electron chi connectivity index (χ1n) is 9.65. The second-order valence-corrected chi connectivity index (χ2v) is 7.40. The minimum atomic E-state index is 0.0228. The molecule has 3 rings (SSSR count). The highest BCUT2D eigenvalue weighted by Gasteiger charge is 2.40. The van der Waals surface area contributed by atoms with E-state index in [4.69, 9.17) is 14.2 Å². The van der Waals surface area contributed by atoms with Crippen LogP contribution < -0.4 is 0 Å². The lowest BCUT2D eigenvalue weighted by Gasteiger charge is -2.46. The van der Waals surface area contributed by atoms with Gasteiger partial charge in [-0.15, -0.1) is 0 Å². The lowest BCUT2D eigenvalue weighted by atomic mass is 9.83. The summed E-state index contributed by atoms with van der Waals surface area (Å²) in [5.41, 5.74) is 2.49. The van der Waals surface area contributed by atoms with Crippen molar-refractivity contribution in [1.29, 1.82) is 0 Å². The lowest BCUT2D eigenvalue weighted by Crippen LogP contribution is -2.50. The zero-order chi connectivity index (χ0) is 17.7. The molecule has 0 radical (unpaired) electrons. The molecule has 0 bridgehead atoms. The molecular weight excluding hydrogens is 318 g/mol. The maximum absolute atomic E-state index is 6.24. The van der Waals surface area contributed by atoms with Crippen LogP contribution in [0.4, 0.5) is 0 Å². The first-order valence-corrected chi connectivity index (χ1v) is 9.65. The Hall–Kier alpha value is -0.950. The van der Waals surface area contributed by atoms with Gasteiger partial charge in [-0.25, -0.2) is 0 Å². The molecule has 0 amide bonds. The van der Waals surface area contributed by atoms with Crippen LogP contribution in [0.3, 0.4) is 0 Å². The molecule has 142 valence electrons. The summed E-state index contributed by atoms with van der Waals surface area (Å²) in [6.45, 7) is 10.2. The van der Waals surface area contributed by atoms with Gasteiger partial charge in [0.05, 0.1) is 30.6 Å². The molecule has 25 heavy (non-hydrogen) atoms. The van der Waals surface area contributed by atoms with Crippen LogP contribution in [-0.4, -0.2) is 65.9 Å². The van der Waals surface area contributed by atoms with E-state index in [0.717, 1.165) is 64.2 Å². The molecule has 0 aromatic carbocycles. The molecule has 1 atom stereocenters. The maximum atomic E-state index is 6.24. The summed E-state index contributed by atoms with van der Waals surface area (Å²) in [6.07, 6.45) is 6.68. The molecule has 0 saturated carbocycles. The van der Waals surface area contributed by atoms with Crippen LogP contribution in [0.1, 0.15) is 43.9 Å². The third-order valence-electron chi connectivity index (χ3n) is 5.51. The first-order chi connectivity index (χ1) is 12.1. The second-order valence-electron chi connectivity index (χ2n) is 7.40. The molecule has 1 spiro atoms. The van der Waals surface area contributed by atoms with E-state index < -0.39 is 0 Å². The molecule has 6 nitrogen and oxygen atoms in total. The van der Waals surface area contributed by atoms with Gasteiger partial charge in [0.2, 0.25) is 0 Å². The molecular formula is C19H33N3O3. The van der Waals surface area contributed by atoms with Gasteiger partial charge in [0, 0.05) is 58.1 Å². The first kappa shape index (κ1) is 18.8. The lowest BCUT2D eigenvalue weighted by molar-refractivity contribution is -0.158. The number of likely N-dealkylation sites (tertiary alicyclic amines) is 1. The monoisotopic (exact) mass is 351 g/mol. The van der Waals surface area contributed by atoms with E-state index >= 15 is 0 Å². The van der Waals surface area contributed by atoms with Crippen molar-refractivity contribution in [3.8, 4) is 0 Å². The molecule has 0 aliphatic carbocycles. The molecule has 3 heterocycles. The molecule has 2 saturated heterocycles. The van der Waals surface area contributed by atoms with Crippen molar-refractivity contribution in [3.63, 3.8) is 0 Å². The van der Waals surface area contributed by atoms with E-state index in [0.29, 0.717) is 19.3 Å². The second kappa shape index (κ2) is 8.62. The van der Waals surface area contributed by atoms with E-state index in [1.807, 2.05) is 18.7 Å². The molecule has 1 unspecified atom stereocenters. The fourth-order valence-electron chi connectivity index (χ4n) is 4.05. The average molecular weight is 351 g/mol. The van der Waals surface area contributed by atoms with Crippen LogP contribution in [0.5, 0.6) is 0 Å². The van der Waals surface area contributed by atoms with Gasteiger partial charge in [-0.3, -0.25) is 9.58 Å². The minimum Gasteiger partial charge on any atom is -0.379 e. The molecule has 1 aromatic rings. The predicted octanol–water partition coefficient (Wildman–Crippen LogP) is 2.30. The van der Waals surface area contributed by atoms with E-state index in [1.165, 1.54) is 5.56 Å². The number of nitrogens with zero attached hydrogens (tertiary/aromatic N) is 3. The average Bonchev–Trinajstić information content (AvgIpc) is 2.92. The number of rotatable bonds is 7. The van der Waals surface area contributed by atoms with Crippen molar-refractivity contribution >= 4 is 0 Å². The quantitative estimate of drug-likeness (QED) is 0.706. The van der Waals surface area contributed by atoms with Gasteiger partial charge in [-0.05, 0) is 33.1 Å². The molecule has 2 aliphatic rings. The number of hydrogen-bond acceptors (Lipinski definition) is 5. The highest BCUT2D eigenvalue weighted by Crippen LogP contribution is 2.36. The fraction of sp³-hybridized carbons (Fsp3) is 0.842. The molecule has 2 aliphatic heterocycles. The van der Waals surface area contributed by atoms with Gasteiger partial charge in [-0.2, -0.15) is 5.10 Å². The van der Waals surface area contributed by atoms with Crippen molar-refractivity contribution in [1.82, 2.24) is 14.7 Å². The van der Waals surface area contributed by atoms with Gasteiger partial charge in [-0.1, -0.05) is 0 Å². The predicted molar refractivity (Wildman–Crippen MR) is 96.6 cm³/mol. The highest BCUT2D eigenvalue weighted by molar-refractivity contribution is 5.15. The number of piperidine rings is 1. The highest BCUT2D eigenvalue weighted by atomic mass is 16.5. The van der Waals surface area contributed by atoms with Crippen LogP contribution >= 0.6 is 0 Å². The number of aryl methyl sites for hydroxylation is 2. The smallest absolute Gasteiger partial charge is 0.0731 e. The topological polar surface area (TPSA) is 48.8 Å². The Morgan fingerprint density at radius 3 is 2.80 bits per heavy atom. The number of aromatic nitrogens is 2. The van der Waals surface area contributed by atoms with Crippen LogP contribution in [-0.2, 0) is 27.8 Å². The van der Waals surface area contributed by atoms with Gasteiger partial charge in [0.15, 0.2) is 0 Å². The normalized spacial score (nSPS) is 24.0. The van der Waals surface area contributed by atoms with E-state index in [-0.39, 0.29) is 5.60 Å². The van der Waals surface area contributed by atoms with Crippen LogP contribution in [0.2, 0.25) is 0 Å². The Bertz CT molecular complexity index is 538. The minimum absolute atomic E-state index is 0.0228. The van der Waals surface area contributed by atoms with Crippen molar-refractivity contribution in [3.05, 3.63) is 17.5 Å². The number of ether oxygens (including phenoxy) is 3. The van der Waals surface area contributed by atoms with Gasteiger partial charge >= 0.3 is 0 Å². The Labute approximate surface area is 151 Å². The van der Waals surface area contributed by atoms with E-state index in [2.05, 4.69) is 23.1 Å². The Kier molecular flexibility index (Phi) is 6.49. The Balaban J connectivity index is 1.46. The summed E-state index contributed by atoms with van der Waals surface area (Å²) in [7, 11) is 1.99. The molecule has 2 fully saturated rings. The molecule has 6 heteroatoms. The van der Waals surface area contributed by atoms with Crippen molar-refractivity contribution in [2.24, 2.45) is 7.05 Å². The standard InChI is InChI=1S/C19H33N3O3/c1-4-23-11-12-24-18-5-10-25-19(13-18)6-8-22(9-7-19)15-17-14-21(3)20-16(17)2/h14,18H,4-13,15H2,1-3H3. The maximum Gasteiger partial charge on any atom is 0.0731 e. The van der Waals surface area contributed by atoms with Gasteiger partial charge in [0.1, 0.15) is 0 Å². The summed E-state index contributed by atoms with van der Waals surface area (Å²) in [6, 6.07) is 0. The number of hydrogen-bond donors (Lipinski definition) is 0. The summed E-state index contributed by atoms with van der Waals surface area (Å²) in [4.78, 5) is 2.53. The summed E-state index contributed by atoms with van der Waals surface area (Å²) < 4.78 is 19.5. The summed E-state index contributed by atoms with van der Waals surface area (Å²) in [5, 5.41) is 4.45. The zero-order valence-electron chi connectivity index (χ0n) is 16.0. The molecule has 0 N–H and O–H groups in total. The van der Waals surface area contributed by atoms with Crippen LogP contribution in [0.25, 0.3) is 0 Å². The third-order valence-corrected chi connectivity index (χ3v) is 5.51. The molecule has 1 aromatic heterocycles. The summed E-state index contributed by atoms with van der Waals surface area (Å²) >= 11 is 0. The Morgan fingerprint density at radius 1 is 1.32 bits per heavy atom. The largest absolute Gasteiger partial charge is 0.379 e. The fourth-order valence-corrected chi connectivity index (χ4v) is 4.05. The Morgan fingerprint density at radius 2 is 2.12 bits per heavy atom. The van der Waals surface area contributed by atoms with Crippen molar-refractivity contribution in [2.75, 3.05) is 39.5 Å². The van der Waals surface area contributed by atoms with Gasteiger partial charge < -0.3 is 14.2 Å². The third kappa shape index (κ3) is 5.03. The zero-order valence-corrected chi connectivity index (χ0v) is 16.0. The van der Waals surface area contributed by atoms with E-state index in [9.17, 15) is 0 Å². The summed E-state index contributed by atoms with van der Waals surface area (Å²) in [5.74, 6) is 0. The van der Waals surface area contributed by atoms with Crippen molar-refractivity contribution < 1.29 is 14.2 Å². The van der Waals surface area contributed by atoms with Crippen molar-refractivity contribution in [2.45, 2.75) is 57.8 Å².